The van der Waals surface area contributed by atoms with Crippen molar-refractivity contribution in [2.75, 3.05) is 7.11 Å². The Morgan fingerprint density at radius 3 is 2.68 bits per heavy atom. The second kappa shape index (κ2) is 5.17. The van der Waals surface area contributed by atoms with Gasteiger partial charge < -0.3 is 9.72 Å². The van der Waals surface area contributed by atoms with Crippen LogP contribution in [-0.2, 0) is 0 Å². The van der Waals surface area contributed by atoms with Crippen LogP contribution in [0.2, 0.25) is 5.02 Å². The standard InChI is InChI=1S/C14H11ClN2O2/c1-8-5-10(12(7-16)14(18)17-8)11-6-9(15)3-4-13(11)19-2/h3-6H,1-2H3,(H,17,18). The number of nitrogens with zero attached hydrogens (tertiary/aromatic N) is 1. The van der Waals surface area contributed by atoms with Gasteiger partial charge in [-0.15, -0.1) is 0 Å². The van der Waals surface area contributed by atoms with Gasteiger partial charge in [0.25, 0.3) is 5.56 Å². The van der Waals surface area contributed by atoms with Gasteiger partial charge in [0.1, 0.15) is 17.4 Å². The third kappa shape index (κ3) is 2.47. The number of nitriles is 1. The van der Waals surface area contributed by atoms with Gasteiger partial charge in [-0.25, -0.2) is 0 Å². The summed E-state index contributed by atoms with van der Waals surface area (Å²) in [7, 11) is 1.53. The molecular formula is C14H11ClN2O2. The average Bonchev–Trinajstić information content (AvgIpc) is 2.37. The molecule has 0 unspecified atom stereocenters. The second-order valence-electron chi connectivity index (χ2n) is 4.03. The van der Waals surface area contributed by atoms with E-state index in [4.69, 9.17) is 21.6 Å². The first-order chi connectivity index (χ1) is 9.06. The monoisotopic (exact) mass is 274 g/mol. The minimum atomic E-state index is -0.417. The molecule has 0 fully saturated rings. The van der Waals surface area contributed by atoms with Gasteiger partial charge in [0, 0.05) is 21.8 Å². The number of hydrogen-bond acceptors (Lipinski definition) is 3. The van der Waals surface area contributed by atoms with Gasteiger partial charge in [-0.2, -0.15) is 5.26 Å². The fraction of sp³-hybridized carbons (Fsp3) is 0.143. The summed E-state index contributed by atoms with van der Waals surface area (Å²) >= 11 is 5.97. The van der Waals surface area contributed by atoms with Crippen molar-refractivity contribution in [1.29, 1.82) is 5.26 Å². The van der Waals surface area contributed by atoms with Crippen LogP contribution in [-0.4, -0.2) is 12.1 Å². The molecule has 4 nitrogen and oxygen atoms in total. The zero-order valence-electron chi connectivity index (χ0n) is 10.5. The van der Waals surface area contributed by atoms with E-state index in [9.17, 15) is 4.79 Å². The number of aromatic amines is 1. The Bertz CT molecular complexity index is 729. The van der Waals surface area contributed by atoms with Gasteiger partial charge in [0.05, 0.1) is 7.11 Å². The minimum absolute atomic E-state index is 0.0474. The van der Waals surface area contributed by atoms with Crippen molar-refractivity contribution in [3.05, 3.63) is 50.9 Å². The number of aromatic nitrogens is 1. The maximum absolute atomic E-state index is 11.8. The van der Waals surface area contributed by atoms with E-state index < -0.39 is 5.56 Å². The molecule has 1 heterocycles. The van der Waals surface area contributed by atoms with E-state index in [-0.39, 0.29) is 5.56 Å². The molecule has 0 radical (unpaired) electrons. The highest BCUT2D eigenvalue weighted by atomic mass is 35.5. The van der Waals surface area contributed by atoms with E-state index in [1.807, 2.05) is 6.07 Å². The Hall–Kier alpha value is -2.25. The highest BCUT2D eigenvalue weighted by Crippen LogP contribution is 2.33. The normalized spacial score (nSPS) is 10.0. The number of aryl methyl sites for hydroxylation is 1. The van der Waals surface area contributed by atoms with Crippen LogP contribution in [0.5, 0.6) is 5.75 Å². The summed E-state index contributed by atoms with van der Waals surface area (Å²) in [5.74, 6) is 0.561. The number of pyridine rings is 1. The van der Waals surface area contributed by atoms with Gasteiger partial charge in [-0.1, -0.05) is 11.6 Å². The molecule has 0 saturated heterocycles. The first-order valence-corrected chi connectivity index (χ1v) is 5.92. The molecule has 0 aliphatic heterocycles. The molecule has 19 heavy (non-hydrogen) atoms. The minimum Gasteiger partial charge on any atom is -0.496 e. The molecule has 1 N–H and O–H groups in total. The lowest BCUT2D eigenvalue weighted by atomic mass is 10.00. The zero-order chi connectivity index (χ0) is 14.0. The van der Waals surface area contributed by atoms with Crippen LogP contribution in [0, 0.1) is 18.3 Å². The Kier molecular flexibility index (Phi) is 3.59. The van der Waals surface area contributed by atoms with Gasteiger partial charge in [-0.05, 0) is 31.2 Å². The first-order valence-electron chi connectivity index (χ1n) is 5.54. The van der Waals surface area contributed by atoms with Gasteiger partial charge in [-0.3, -0.25) is 4.79 Å². The first kappa shape index (κ1) is 13.2. The van der Waals surface area contributed by atoms with Gasteiger partial charge >= 0.3 is 0 Å². The summed E-state index contributed by atoms with van der Waals surface area (Å²) in [5, 5.41) is 9.65. The molecule has 1 aromatic heterocycles. The summed E-state index contributed by atoms with van der Waals surface area (Å²) in [4.78, 5) is 14.4. The van der Waals surface area contributed by atoms with Crippen molar-refractivity contribution in [3.8, 4) is 22.9 Å². The van der Waals surface area contributed by atoms with Crippen molar-refractivity contribution in [1.82, 2.24) is 4.98 Å². The number of benzene rings is 1. The van der Waals surface area contributed by atoms with Crippen molar-refractivity contribution in [2.24, 2.45) is 0 Å². The number of nitrogens with one attached hydrogen (secondary N) is 1. The molecule has 0 aliphatic rings. The lowest BCUT2D eigenvalue weighted by molar-refractivity contribution is 0.416. The van der Waals surface area contributed by atoms with E-state index in [2.05, 4.69) is 4.98 Å². The van der Waals surface area contributed by atoms with Crippen molar-refractivity contribution >= 4 is 11.6 Å². The van der Waals surface area contributed by atoms with E-state index in [0.29, 0.717) is 27.6 Å². The van der Waals surface area contributed by atoms with Crippen molar-refractivity contribution in [3.63, 3.8) is 0 Å². The predicted molar refractivity (Wildman–Crippen MR) is 73.5 cm³/mol. The maximum Gasteiger partial charge on any atom is 0.266 e. The van der Waals surface area contributed by atoms with E-state index in [1.54, 1.807) is 31.2 Å². The fourth-order valence-electron chi connectivity index (χ4n) is 1.90. The van der Waals surface area contributed by atoms with Crippen LogP contribution in [0.3, 0.4) is 0 Å². The Morgan fingerprint density at radius 2 is 2.05 bits per heavy atom. The highest BCUT2D eigenvalue weighted by molar-refractivity contribution is 6.31. The summed E-state index contributed by atoms with van der Waals surface area (Å²) < 4.78 is 5.25. The molecule has 5 heteroatoms. The Balaban J connectivity index is 2.82. The van der Waals surface area contributed by atoms with Gasteiger partial charge in [0.2, 0.25) is 0 Å². The number of rotatable bonds is 2. The molecule has 2 aromatic rings. The van der Waals surface area contributed by atoms with Crippen LogP contribution >= 0.6 is 11.6 Å². The van der Waals surface area contributed by atoms with Gasteiger partial charge in [0.15, 0.2) is 0 Å². The Labute approximate surface area is 115 Å². The quantitative estimate of drug-likeness (QED) is 0.916. The topological polar surface area (TPSA) is 65.9 Å². The lowest BCUT2D eigenvalue weighted by Crippen LogP contribution is -2.12. The summed E-state index contributed by atoms with van der Waals surface area (Å²) in [6, 6.07) is 8.72. The molecule has 0 spiro atoms. The summed E-state index contributed by atoms with van der Waals surface area (Å²) in [6.07, 6.45) is 0. The third-order valence-corrected chi connectivity index (χ3v) is 2.97. The smallest absolute Gasteiger partial charge is 0.266 e. The average molecular weight is 275 g/mol. The predicted octanol–water partition coefficient (Wildman–Crippen LogP) is 2.88. The molecule has 0 aliphatic carbocycles. The number of hydrogen-bond donors (Lipinski definition) is 1. The molecule has 0 bridgehead atoms. The summed E-state index contributed by atoms with van der Waals surface area (Å²) in [5.41, 5.74) is 1.44. The van der Waals surface area contributed by atoms with E-state index in [1.165, 1.54) is 7.11 Å². The van der Waals surface area contributed by atoms with Crippen LogP contribution in [0.25, 0.3) is 11.1 Å². The van der Waals surface area contributed by atoms with Crippen molar-refractivity contribution in [2.45, 2.75) is 6.92 Å². The molecule has 0 atom stereocenters. The molecule has 2 rings (SSSR count). The second-order valence-corrected chi connectivity index (χ2v) is 4.46. The van der Waals surface area contributed by atoms with Crippen molar-refractivity contribution < 1.29 is 4.74 Å². The fourth-order valence-corrected chi connectivity index (χ4v) is 2.07. The molecule has 0 amide bonds. The highest BCUT2D eigenvalue weighted by Gasteiger charge is 2.14. The number of ether oxygens (including phenoxy) is 1. The van der Waals surface area contributed by atoms with Crippen LogP contribution < -0.4 is 10.3 Å². The molecule has 0 saturated carbocycles. The van der Waals surface area contributed by atoms with Crippen LogP contribution in [0.15, 0.2) is 29.1 Å². The summed E-state index contributed by atoms with van der Waals surface area (Å²) in [6.45, 7) is 1.75. The molecular weight excluding hydrogens is 264 g/mol. The van der Waals surface area contributed by atoms with E-state index in [0.717, 1.165) is 0 Å². The lowest BCUT2D eigenvalue weighted by Gasteiger charge is -2.10. The number of methoxy groups -OCH3 is 1. The number of halogens is 1. The van der Waals surface area contributed by atoms with Crippen LogP contribution in [0.4, 0.5) is 0 Å². The maximum atomic E-state index is 11.8. The third-order valence-electron chi connectivity index (χ3n) is 2.73. The Morgan fingerprint density at radius 1 is 1.32 bits per heavy atom. The van der Waals surface area contributed by atoms with Crippen LogP contribution in [0.1, 0.15) is 11.3 Å². The molecule has 96 valence electrons. The number of H-pyrrole nitrogens is 1. The molecule has 1 aromatic carbocycles. The zero-order valence-corrected chi connectivity index (χ0v) is 11.2. The SMILES string of the molecule is COc1ccc(Cl)cc1-c1cc(C)[nH]c(=O)c1C#N. The van der Waals surface area contributed by atoms with E-state index >= 15 is 0 Å². The largest absolute Gasteiger partial charge is 0.496 e.